The summed E-state index contributed by atoms with van der Waals surface area (Å²) < 4.78 is 26.7. The standard InChI is InChI=1S/C10H13ClN2O2S/c11-8-10(4-2-5-10)13-16(14,15)9-3-1-6-12-7-9/h1,3,6-7,13H,2,4-5,8H2. The van der Waals surface area contributed by atoms with Crippen LogP contribution in [0, 0.1) is 0 Å². The summed E-state index contributed by atoms with van der Waals surface area (Å²) >= 11 is 5.81. The summed E-state index contributed by atoms with van der Waals surface area (Å²) in [6.07, 6.45) is 5.50. The second-order valence-electron chi connectivity index (χ2n) is 4.06. The first-order chi connectivity index (χ1) is 7.58. The van der Waals surface area contributed by atoms with Crippen LogP contribution in [0.3, 0.4) is 0 Å². The van der Waals surface area contributed by atoms with E-state index in [4.69, 9.17) is 11.6 Å². The van der Waals surface area contributed by atoms with Gasteiger partial charge in [-0.05, 0) is 31.4 Å². The number of nitrogens with one attached hydrogen (secondary N) is 1. The summed E-state index contributed by atoms with van der Waals surface area (Å²) in [6.45, 7) is 0. The van der Waals surface area contributed by atoms with Gasteiger partial charge in [-0.3, -0.25) is 4.98 Å². The molecule has 2 rings (SSSR count). The Kier molecular flexibility index (Phi) is 3.19. The van der Waals surface area contributed by atoms with Crippen LogP contribution in [-0.2, 0) is 10.0 Å². The van der Waals surface area contributed by atoms with Crippen molar-refractivity contribution in [2.24, 2.45) is 0 Å². The van der Waals surface area contributed by atoms with Crippen LogP contribution < -0.4 is 4.72 Å². The lowest BCUT2D eigenvalue weighted by atomic mass is 9.79. The maximum absolute atomic E-state index is 12.0. The maximum Gasteiger partial charge on any atom is 0.242 e. The van der Waals surface area contributed by atoms with Crippen LogP contribution in [-0.4, -0.2) is 24.8 Å². The second-order valence-corrected chi connectivity index (χ2v) is 6.01. The van der Waals surface area contributed by atoms with Gasteiger partial charge in [0.15, 0.2) is 0 Å². The molecular formula is C10H13ClN2O2S. The lowest BCUT2D eigenvalue weighted by molar-refractivity contribution is 0.252. The Bertz CT molecular complexity index is 451. The van der Waals surface area contributed by atoms with Gasteiger partial charge in [0.2, 0.25) is 10.0 Å². The summed E-state index contributed by atoms with van der Waals surface area (Å²) in [6, 6.07) is 3.12. The van der Waals surface area contributed by atoms with E-state index in [1.54, 1.807) is 12.3 Å². The van der Waals surface area contributed by atoms with Crippen molar-refractivity contribution in [1.82, 2.24) is 9.71 Å². The number of aromatic nitrogens is 1. The SMILES string of the molecule is O=S(=O)(NC1(CCl)CCC1)c1cccnc1. The first-order valence-corrected chi connectivity index (χ1v) is 7.10. The van der Waals surface area contributed by atoms with Crippen LogP contribution in [0.5, 0.6) is 0 Å². The Morgan fingerprint density at radius 2 is 2.25 bits per heavy atom. The van der Waals surface area contributed by atoms with Gasteiger partial charge in [0.25, 0.3) is 0 Å². The van der Waals surface area contributed by atoms with Crippen molar-refractivity contribution < 1.29 is 8.42 Å². The van der Waals surface area contributed by atoms with Crippen LogP contribution in [0.4, 0.5) is 0 Å². The molecule has 0 unspecified atom stereocenters. The Morgan fingerprint density at radius 1 is 1.50 bits per heavy atom. The zero-order chi connectivity index (χ0) is 11.6. The number of hydrogen-bond donors (Lipinski definition) is 1. The van der Waals surface area contributed by atoms with Gasteiger partial charge >= 0.3 is 0 Å². The van der Waals surface area contributed by atoms with Gasteiger partial charge in [-0.25, -0.2) is 13.1 Å². The molecule has 1 fully saturated rings. The molecular weight excluding hydrogens is 248 g/mol. The van der Waals surface area contributed by atoms with Gasteiger partial charge in [0.1, 0.15) is 4.90 Å². The number of hydrogen-bond acceptors (Lipinski definition) is 3. The highest BCUT2D eigenvalue weighted by atomic mass is 35.5. The van der Waals surface area contributed by atoms with E-state index in [1.165, 1.54) is 12.3 Å². The molecule has 88 valence electrons. The van der Waals surface area contributed by atoms with Gasteiger partial charge < -0.3 is 0 Å². The summed E-state index contributed by atoms with van der Waals surface area (Å²) in [4.78, 5) is 3.98. The van der Waals surface area contributed by atoms with Crippen molar-refractivity contribution in [2.75, 3.05) is 5.88 Å². The lowest BCUT2D eigenvalue weighted by Gasteiger charge is -2.40. The number of rotatable bonds is 4. The van der Waals surface area contributed by atoms with Crippen LogP contribution in [0.2, 0.25) is 0 Å². The molecule has 0 saturated heterocycles. The first-order valence-electron chi connectivity index (χ1n) is 5.08. The fourth-order valence-corrected chi connectivity index (χ4v) is 3.55. The van der Waals surface area contributed by atoms with Crippen LogP contribution in [0.15, 0.2) is 29.4 Å². The molecule has 1 aromatic heterocycles. The van der Waals surface area contributed by atoms with E-state index in [-0.39, 0.29) is 4.90 Å². The lowest BCUT2D eigenvalue weighted by Crippen LogP contribution is -2.54. The minimum absolute atomic E-state index is 0.186. The average Bonchev–Trinajstić information content (AvgIpc) is 2.25. The molecule has 0 atom stereocenters. The van der Waals surface area contributed by atoms with E-state index in [1.807, 2.05) is 0 Å². The molecule has 1 heterocycles. The minimum atomic E-state index is -3.49. The molecule has 4 nitrogen and oxygen atoms in total. The zero-order valence-electron chi connectivity index (χ0n) is 8.69. The van der Waals surface area contributed by atoms with E-state index in [2.05, 4.69) is 9.71 Å². The third kappa shape index (κ3) is 2.21. The Hall–Kier alpha value is -0.650. The normalized spacial score (nSPS) is 19.1. The summed E-state index contributed by atoms with van der Waals surface area (Å²) in [5.74, 6) is 0.312. The quantitative estimate of drug-likeness (QED) is 0.835. The van der Waals surface area contributed by atoms with Crippen molar-refractivity contribution in [3.05, 3.63) is 24.5 Å². The first kappa shape index (κ1) is 11.8. The average molecular weight is 261 g/mol. The monoisotopic (exact) mass is 260 g/mol. The third-order valence-corrected chi connectivity index (χ3v) is 4.94. The maximum atomic E-state index is 12.0. The molecule has 0 bridgehead atoms. The van der Waals surface area contributed by atoms with Crippen molar-refractivity contribution >= 4 is 21.6 Å². The van der Waals surface area contributed by atoms with Crippen molar-refractivity contribution in [3.8, 4) is 0 Å². The predicted octanol–water partition coefficient (Wildman–Crippen LogP) is 1.52. The molecule has 6 heteroatoms. The number of nitrogens with zero attached hydrogens (tertiary/aromatic N) is 1. The smallest absolute Gasteiger partial charge is 0.242 e. The molecule has 1 saturated carbocycles. The fraction of sp³-hybridized carbons (Fsp3) is 0.500. The fourth-order valence-electron chi connectivity index (χ4n) is 1.72. The topological polar surface area (TPSA) is 59.1 Å². The molecule has 0 aliphatic heterocycles. The number of halogens is 1. The van der Waals surface area contributed by atoms with Crippen molar-refractivity contribution in [1.29, 1.82) is 0 Å². The van der Waals surface area contributed by atoms with E-state index in [0.717, 1.165) is 19.3 Å². The van der Waals surface area contributed by atoms with Gasteiger partial charge in [0, 0.05) is 23.8 Å². The van der Waals surface area contributed by atoms with Crippen molar-refractivity contribution in [2.45, 2.75) is 29.7 Å². The third-order valence-electron chi connectivity index (χ3n) is 2.86. The number of alkyl halides is 1. The molecule has 0 aromatic carbocycles. The van der Waals surface area contributed by atoms with E-state index in [0.29, 0.717) is 5.88 Å². The molecule has 1 aliphatic carbocycles. The summed E-state index contributed by atoms with van der Waals surface area (Å²) in [5.41, 5.74) is -0.448. The number of sulfonamides is 1. The molecule has 16 heavy (non-hydrogen) atoms. The van der Waals surface area contributed by atoms with Gasteiger partial charge in [-0.1, -0.05) is 0 Å². The summed E-state index contributed by atoms with van der Waals surface area (Å²) in [7, 11) is -3.49. The van der Waals surface area contributed by atoms with Gasteiger partial charge in [0.05, 0.1) is 0 Å². The predicted molar refractivity (Wildman–Crippen MR) is 61.9 cm³/mol. The van der Waals surface area contributed by atoms with Gasteiger partial charge in [-0.2, -0.15) is 0 Å². The van der Waals surface area contributed by atoms with Crippen molar-refractivity contribution in [3.63, 3.8) is 0 Å². The minimum Gasteiger partial charge on any atom is -0.263 e. The number of pyridine rings is 1. The largest absolute Gasteiger partial charge is 0.263 e. The Labute approximate surface area is 100 Å². The van der Waals surface area contributed by atoms with Crippen LogP contribution in [0.25, 0.3) is 0 Å². The zero-order valence-corrected chi connectivity index (χ0v) is 10.3. The molecule has 0 amide bonds. The van der Waals surface area contributed by atoms with E-state index >= 15 is 0 Å². The Balaban J connectivity index is 2.21. The molecule has 1 aromatic rings. The summed E-state index contributed by atoms with van der Waals surface area (Å²) in [5, 5.41) is 0. The van der Waals surface area contributed by atoms with Crippen LogP contribution in [0.1, 0.15) is 19.3 Å². The highest BCUT2D eigenvalue weighted by Crippen LogP contribution is 2.34. The second kappa shape index (κ2) is 4.31. The van der Waals surface area contributed by atoms with Gasteiger partial charge in [-0.15, -0.1) is 11.6 Å². The highest BCUT2D eigenvalue weighted by molar-refractivity contribution is 7.89. The molecule has 0 spiro atoms. The van der Waals surface area contributed by atoms with Crippen LogP contribution >= 0.6 is 11.6 Å². The highest BCUT2D eigenvalue weighted by Gasteiger charge is 2.40. The van der Waals surface area contributed by atoms with E-state index in [9.17, 15) is 8.42 Å². The molecule has 0 radical (unpaired) electrons. The molecule has 1 N–H and O–H groups in total. The van der Waals surface area contributed by atoms with E-state index < -0.39 is 15.6 Å². The Morgan fingerprint density at radius 3 is 2.69 bits per heavy atom. The molecule has 1 aliphatic rings.